The summed E-state index contributed by atoms with van der Waals surface area (Å²) in [4.78, 5) is 12.4. The Hall–Kier alpha value is -2.13. The number of esters is 1. The van der Waals surface area contributed by atoms with Gasteiger partial charge in [-0.25, -0.2) is 4.79 Å². The molecule has 24 heavy (non-hydrogen) atoms. The van der Waals surface area contributed by atoms with E-state index in [4.69, 9.17) is 4.74 Å². The number of carbonyl (C=O) groups excluding carboxylic acids is 1. The lowest BCUT2D eigenvalue weighted by Crippen LogP contribution is -2.44. The Labute approximate surface area is 146 Å². The van der Waals surface area contributed by atoms with Crippen LogP contribution < -0.4 is 9.92 Å². The molecule has 0 unspecified atom stereocenters. The van der Waals surface area contributed by atoms with Gasteiger partial charge >= 0.3 is 5.97 Å². The number of rotatable bonds is 7. The second-order valence-corrected chi connectivity index (χ2v) is 11.0. The van der Waals surface area contributed by atoms with E-state index >= 15 is 0 Å². The molecule has 0 saturated carbocycles. The van der Waals surface area contributed by atoms with Crippen LogP contribution in [0.5, 0.6) is 5.75 Å². The summed E-state index contributed by atoms with van der Waals surface area (Å²) in [6.45, 7) is 6.79. The maximum absolute atomic E-state index is 12.4. The molecule has 0 radical (unpaired) electrons. The average Bonchev–Trinajstić information content (AvgIpc) is 2.60. The van der Waals surface area contributed by atoms with Gasteiger partial charge in [0.05, 0.1) is 0 Å². The lowest BCUT2D eigenvalue weighted by Gasteiger charge is -2.26. The molecule has 0 saturated heterocycles. The number of ether oxygens (including phenoxy) is 1. The van der Waals surface area contributed by atoms with E-state index in [-0.39, 0.29) is 5.97 Å². The molecule has 0 aliphatic carbocycles. The van der Waals surface area contributed by atoms with E-state index in [2.05, 4.69) is 44.3 Å². The Balaban J connectivity index is 2.25. The Morgan fingerprint density at radius 2 is 1.58 bits per heavy atom. The van der Waals surface area contributed by atoms with Gasteiger partial charge in [-0.2, -0.15) is 0 Å². The van der Waals surface area contributed by atoms with E-state index in [0.29, 0.717) is 5.75 Å². The molecule has 0 aliphatic heterocycles. The van der Waals surface area contributed by atoms with Crippen molar-refractivity contribution in [1.29, 1.82) is 0 Å². The van der Waals surface area contributed by atoms with Gasteiger partial charge in [-0.05, 0) is 18.6 Å². The minimum atomic E-state index is -1.87. The first-order chi connectivity index (χ1) is 11.5. The van der Waals surface area contributed by atoms with Crippen molar-refractivity contribution in [3.8, 4) is 5.75 Å². The van der Waals surface area contributed by atoms with E-state index < -0.39 is 8.07 Å². The van der Waals surface area contributed by atoms with Crippen molar-refractivity contribution in [2.45, 2.75) is 39.3 Å². The lowest BCUT2D eigenvalue weighted by molar-refractivity contribution is -0.129. The molecule has 0 atom stereocenters. The largest absolute Gasteiger partial charge is 0.423 e. The Bertz CT molecular complexity index is 675. The summed E-state index contributed by atoms with van der Waals surface area (Å²) in [5, 5.41) is 2.59. The van der Waals surface area contributed by atoms with E-state index in [0.717, 1.165) is 19.3 Å². The highest BCUT2D eigenvalue weighted by atomic mass is 28.3. The molecular formula is C21H26O2Si. The molecule has 2 aromatic carbocycles. The maximum atomic E-state index is 12.4. The third kappa shape index (κ3) is 4.93. The molecule has 3 heteroatoms. The molecule has 0 N–H and O–H groups in total. The van der Waals surface area contributed by atoms with Crippen molar-refractivity contribution < 1.29 is 9.53 Å². The monoisotopic (exact) mass is 338 g/mol. The Morgan fingerprint density at radius 1 is 1.00 bits per heavy atom. The number of hydrogen-bond donors (Lipinski definition) is 0. The van der Waals surface area contributed by atoms with E-state index in [1.54, 1.807) is 18.2 Å². The smallest absolute Gasteiger partial charge is 0.335 e. The lowest BCUT2D eigenvalue weighted by atomic mass is 10.2. The van der Waals surface area contributed by atoms with Gasteiger partial charge in [0, 0.05) is 6.08 Å². The van der Waals surface area contributed by atoms with Crippen molar-refractivity contribution in [2.24, 2.45) is 0 Å². The first-order valence-electron chi connectivity index (χ1n) is 8.57. The number of allylic oxidation sites excluding steroid dienone is 1. The minimum Gasteiger partial charge on any atom is -0.423 e. The second kappa shape index (κ2) is 8.64. The first kappa shape index (κ1) is 18.2. The SMILES string of the molecule is CCCC/C(=C\C(=O)Oc1ccccc1)[Si](C)(C)c1ccccc1. The highest BCUT2D eigenvalue weighted by Gasteiger charge is 2.28. The van der Waals surface area contributed by atoms with Gasteiger partial charge in [-0.3, -0.25) is 0 Å². The van der Waals surface area contributed by atoms with Crippen LogP contribution in [0.2, 0.25) is 13.1 Å². The number of carbonyl (C=O) groups is 1. The van der Waals surface area contributed by atoms with Gasteiger partial charge in [0.15, 0.2) is 0 Å². The van der Waals surface area contributed by atoms with Crippen LogP contribution in [-0.2, 0) is 4.79 Å². The van der Waals surface area contributed by atoms with Gasteiger partial charge in [0.2, 0.25) is 0 Å². The highest BCUT2D eigenvalue weighted by Crippen LogP contribution is 2.21. The Kier molecular flexibility index (Phi) is 6.56. The fourth-order valence-corrected chi connectivity index (χ4v) is 5.43. The number of benzene rings is 2. The van der Waals surface area contributed by atoms with E-state index in [1.807, 2.05) is 24.3 Å². The van der Waals surface area contributed by atoms with Crippen molar-refractivity contribution >= 4 is 19.2 Å². The first-order valence-corrected chi connectivity index (χ1v) is 11.6. The molecule has 0 aliphatic rings. The molecule has 2 aromatic rings. The van der Waals surface area contributed by atoms with Crippen LogP contribution in [0.25, 0.3) is 0 Å². The normalized spacial score (nSPS) is 12.0. The molecule has 0 amide bonds. The molecule has 0 fully saturated rings. The maximum Gasteiger partial charge on any atom is 0.335 e. The van der Waals surface area contributed by atoms with E-state index in [1.165, 1.54) is 10.4 Å². The Morgan fingerprint density at radius 3 is 2.17 bits per heavy atom. The van der Waals surface area contributed by atoms with Gasteiger partial charge in [0.25, 0.3) is 0 Å². The van der Waals surface area contributed by atoms with Crippen LogP contribution in [0.4, 0.5) is 0 Å². The molecule has 2 nitrogen and oxygen atoms in total. The van der Waals surface area contributed by atoms with Crippen molar-refractivity contribution in [2.75, 3.05) is 0 Å². The topological polar surface area (TPSA) is 26.3 Å². The fourth-order valence-electron chi connectivity index (χ4n) is 2.75. The van der Waals surface area contributed by atoms with Crippen molar-refractivity contribution in [3.63, 3.8) is 0 Å². The molecular weight excluding hydrogens is 312 g/mol. The molecule has 0 bridgehead atoms. The fraction of sp³-hybridized carbons (Fsp3) is 0.286. The summed E-state index contributed by atoms with van der Waals surface area (Å²) in [6, 6.07) is 19.8. The number of hydrogen-bond acceptors (Lipinski definition) is 2. The van der Waals surface area contributed by atoms with Crippen LogP contribution in [0, 0.1) is 0 Å². The summed E-state index contributed by atoms with van der Waals surface area (Å²) in [5.74, 6) is 0.316. The zero-order chi connectivity index (χ0) is 17.4. The summed E-state index contributed by atoms with van der Waals surface area (Å²) in [7, 11) is -1.87. The van der Waals surface area contributed by atoms with Gasteiger partial charge in [-0.15, -0.1) is 0 Å². The summed E-state index contributed by atoms with van der Waals surface area (Å²) < 4.78 is 5.46. The van der Waals surface area contributed by atoms with Crippen LogP contribution in [0.1, 0.15) is 26.2 Å². The quantitative estimate of drug-likeness (QED) is 0.312. The molecule has 0 spiro atoms. The van der Waals surface area contributed by atoms with Gasteiger partial charge in [0.1, 0.15) is 13.8 Å². The van der Waals surface area contributed by atoms with Crippen LogP contribution >= 0.6 is 0 Å². The summed E-state index contributed by atoms with van der Waals surface area (Å²) in [5.41, 5.74) is 0. The van der Waals surface area contributed by atoms with Gasteiger partial charge in [-0.1, -0.05) is 91.8 Å². The molecule has 0 heterocycles. The van der Waals surface area contributed by atoms with E-state index in [9.17, 15) is 4.79 Å². The van der Waals surface area contributed by atoms with Gasteiger partial charge < -0.3 is 4.74 Å². The van der Waals surface area contributed by atoms with Crippen molar-refractivity contribution in [3.05, 3.63) is 71.9 Å². The van der Waals surface area contributed by atoms with Crippen LogP contribution in [0.15, 0.2) is 71.9 Å². The summed E-state index contributed by atoms with van der Waals surface area (Å²) >= 11 is 0. The predicted molar refractivity (Wildman–Crippen MR) is 103 cm³/mol. The molecule has 126 valence electrons. The second-order valence-electron chi connectivity index (χ2n) is 6.50. The molecule has 0 aromatic heterocycles. The average molecular weight is 339 g/mol. The zero-order valence-electron chi connectivity index (χ0n) is 14.8. The number of para-hydroxylation sites is 1. The standard InChI is InChI=1S/C21H26O2Si/c1-4-5-14-20(24(2,3)19-15-10-7-11-16-19)17-21(22)23-18-12-8-6-9-13-18/h6-13,15-17H,4-5,14H2,1-3H3/b20-17+. The zero-order valence-corrected chi connectivity index (χ0v) is 15.8. The third-order valence-electron chi connectivity index (χ3n) is 4.35. The third-order valence-corrected chi connectivity index (χ3v) is 8.13. The van der Waals surface area contributed by atoms with Crippen LogP contribution in [-0.4, -0.2) is 14.0 Å². The minimum absolute atomic E-state index is 0.274. The number of unbranched alkanes of at least 4 members (excludes halogenated alkanes) is 1. The van der Waals surface area contributed by atoms with Crippen LogP contribution in [0.3, 0.4) is 0 Å². The highest BCUT2D eigenvalue weighted by molar-refractivity contribution is 6.95. The molecule has 2 rings (SSSR count). The predicted octanol–water partition coefficient (Wildman–Crippen LogP) is 4.86. The summed E-state index contributed by atoms with van der Waals surface area (Å²) in [6.07, 6.45) is 4.90. The van der Waals surface area contributed by atoms with Crippen molar-refractivity contribution in [1.82, 2.24) is 0 Å².